The fraction of sp³-hybridized carbons (Fsp3) is 0.750. The molecule has 0 saturated carbocycles. The summed E-state index contributed by atoms with van der Waals surface area (Å²) in [5, 5.41) is 3.42. The van der Waals surface area contributed by atoms with Crippen LogP contribution in [0.15, 0.2) is 12.4 Å². The van der Waals surface area contributed by atoms with E-state index in [1.165, 1.54) is 6.42 Å². The molecule has 0 saturated heterocycles. The number of nitrogens with zero attached hydrogens (tertiary/aromatic N) is 2. The lowest BCUT2D eigenvalue weighted by Crippen LogP contribution is -2.23. The van der Waals surface area contributed by atoms with Crippen LogP contribution in [0.5, 0.6) is 0 Å². The number of imidazole rings is 1. The van der Waals surface area contributed by atoms with Gasteiger partial charge in [-0.2, -0.15) is 0 Å². The van der Waals surface area contributed by atoms with Crippen molar-refractivity contribution in [1.82, 2.24) is 9.55 Å². The topological polar surface area (TPSA) is 29.9 Å². The molecule has 1 N–H and O–H groups in total. The van der Waals surface area contributed by atoms with Gasteiger partial charge in [0.05, 0.1) is 0 Å². The quantitative estimate of drug-likeness (QED) is 0.806. The highest BCUT2D eigenvalue weighted by molar-refractivity contribution is 5.26. The first-order chi connectivity index (χ1) is 6.96. The van der Waals surface area contributed by atoms with Crippen LogP contribution in [0.25, 0.3) is 0 Å². The van der Waals surface area contributed by atoms with Gasteiger partial charge in [-0.1, -0.05) is 20.8 Å². The monoisotopic (exact) mass is 209 g/mol. The molecule has 0 radical (unpaired) electrons. The zero-order valence-corrected chi connectivity index (χ0v) is 10.5. The highest BCUT2D eigenvalue weighted by Gasteiger charge is 2.16. The van der Waals surface area contributed by atoms with E-state index in [4.69, 9.17) is 0 Å². The average molecular weight is 209 g/mol. The summed E-state index contributed by atoms with van der Waals surface area (Å²) in [5.74, 6) is 0.978. The lowest BCUT2D eigenvalue weighted by Gasteiger charge is -2.24. The Morgan fingerprint density at radius 2 is 2.13 bits per heavy atom. The second-order valence-corrected chi connectivity index (χ2v) is 5.12. The van der Waals surface area contributed by atoms with Gasteiger partial charge in [-0.25, -0.2) is 4.98 Å². The predicted octanol–water partition coefficient (Wildman–Crippen LogP) is 3.31. The molecule has 0 aliphatic carbocycles. The minimum atomic E-state index is 0.327. The van der Waals surface area contributed by atoms with E-state index in [9.17, 15) is 0 Å². The Labute approximate surface area is 92.9 Å². The van der Waals surface area contributed by atoms with Crippen LogP contribution in [0.4, 0.5) is 5.95 Å². The fourth-order valence-electron chi connectivity index (χ4n) is 1.31. The molecule has 0 aliphatic rings. The number of anilines is 1. The summed E-state index contributed by atoms with van der Waals surface area (Å²) in [6.45, 7) is 12.0. The first kappa shape index (κ1) is 12.1. The maximum Gasteiger partial charge on any atom is 0.203 e. The zero-order chi connectivity index (χ0) is 11.5. The van der Waals surface area contributed by atoms with E-state index in [-0.39, 0.29) is 0 Å². The molecule has 0 spiro atoms. The first-order valence-corrected chi connectivity index (χ1v) is 5.73. The number of rotatable bonds is 5. The van der Waals surface area contributed by atoms with E-state index in [2.05, 4.69) is 49.5 Å². The van der Waals surface area contributed by atoms with Crippen molar-refractivity contribution in [3.8, 4) is 0 Å². The maximum absolute atomic E-state index is 4.33. The summed E-state index contributed by atoms with van der Waals surface area (Å²) in [6.07, 6.45) is 5.04. The molecule has 3 heteroatoms. The molecule has 0 bridgehead atoms. The first-order valence-electron chi connectivity index (χ1n) is 5.73. The van der Waals surface area contributed by atoms with Crippen molar-refractivity contribution in [3.63, 3.8) is 0 Å². The van der Waals surface area contributed by atoms with Crippen molar-refractivity contribution in [2.45, 2.75) is 47.1 Å². The summed E-state index contributed by atoms with van der Waals surface area (Å²) in [5.41, 5.74) is 0.327. The smallest absolute Gasteiger partial charge is 0.203 e. The molecular formula is C12H23N3. The molecule has 0 amide bonds. The fourth-order valence-corrected chi connectivity index (χ4v) is 1.31. The Bertz CT molecular complexity index is 300. The van der Waals surface area contributed by atoms with E-state index in [0.717, 1.165) is 12.5 Å². The van der Waals surface area contributed by atoms with Crippen molar-refractivity contribution in [2.75, 3.05) is 11.9 Å². The zero-order valence-electron chi connectivity index (χ0n) is 10.5. The Hall–Kier alpha value is -0.990. The molecule has 0 aliphatic heterocycles. The van der Waals surface area contributed by atoms with Crippen LogP contribution in [-0.4, -0.2) is 16.1 Å². The minimum absolute atomic E-state index is 0.327. The van der Waals surface area contributed by atoms with Crippen LogP contribution < -0.4 is 5.32 Å². The third kappa shape index (κ3) is 3.26. The van der Waals surface area contributed by atoms with Crippen molar-refractivity contribution in [2.24, 2.45) is 5.41 Å². The van der Waals surface area contributed by atoms with Crippen LogP contribution in [0, 0.1) is 5.41 Å². The minimum Gasteiger partial charge on any atom is -0.355 e. The standard InChI is InChI=1S/C12H23N3/c1-6-12(4,5)9-14-11-13-7-8-15(11)10(2)3/h7-8,10H,6,9H2,1-5H3,(H,13,14). The van der Waals surface area contributed by atoms with Crippen molar-refractivity contribution < 1.29 is 0 Å². The number of hydrogen-bond acceptors (Lipinski definition) is 2. The molecule has 1 aromatic rings. The van der Waals surface area contributed by atoms with Crippen LogP contribution in [-0.2, 0) is 0 Å². The molecular weight excluding hydrogens is 186 g/mol. The highest BCUT2D eigenvalue weighted by atomic mass is 15.2. The third-order valence-corrected chi connectivity index (χ3v) is 2.91. The molecule has 1 heterocycles. The number of hydrogen-bond donors (Lipinski definition) is 1. The van der Waals surface area contributed by atoms with E-state index < -0.39 is 0 Å². The van der Waals surface area contributed by atoms with Crippen molar-refractivity contribution in [3.05, 3.63) is 12.4 Å². The molecule has 0 unspecified atom stereocenters. The van der Waals surface area contributed by atoms with Gasteiger partial charge in [-0.15, -0.1) is 0 Å². The van der Waals surface area contributed by atoms with E-state index in [1.807, 2.05) is 12.4 Å². The molecule has 3 nitrogen and oxygen atoms in total. The average Bonchev–Trinajstić information content (AvgIpc) is 2.63. The van der Waals surface area contributed by atoms with E-state index in [1.54, 1.807) is 0 Å². The van der Waals surface area contributed by atoms with Gasteiger partial charge in [0.25, 0.3) is 0 Å². The third-order valence-electron chi connectivity index (χ3n) is 2.91. The van der Waals surface area contributed by atoms with Crippen LogP contribution >= 0.6 is 0 Å². The highest BCUT2D eigenvalue weighted by Crippen LogP contribution is 2.21. The van der Waals surface area contributed by atoms with Gasteiger partial charge in [0.1, 0.15) is 0 Å². The summed E-state index contributed by atoms with van der Waals surface area (Å²) < 4.78 is 2.16. The van der Waals surface area contributed by atoms with Gasteiger partial charge in [0.15, 0.2) is 0 Å². The summed E-state index contributed by atoms with van der Waals surface area (Å²) in [6, 6.07) is 0.458. The van der Waals surface area contributed by atoms with Crippen LogP contribution in [0.2, 0.25) is 0 Å². The second-order valence-electron chi connectivity index (χ2n) is 5.12. The second kappa shape index (κ2) is 4.69. The normalized spacial score (nSPS) is 12.1. The summed E-state index contributed by atoms with van der Waals surface area (Å²) in [7, 11) is 0. The molecule has 0 fully saturated rings. The van der Waals surface area contributed by atoms with Gasteiger partial charge in [0, 0.05) is 25.0 Å². The van der Waals surface area contributed by atoms with Gasteiger partial charge in [-0.05, 0) is 25.7 Å². The lowest BCUT2D eigenvalue weighted by molar-refractivity contribution is 0.375. The lowest BCUT2D eigenvalue weighted by atomic mass is 9.90. The number of nitrogens with one attached hydrogen (secondary N) is 1. The van der Waals surface area contributed by atoms with Crippen LogP contribution in [0.1, 0.15) is 47.1 Å². The molecule has 1 aromatic heterocycles. The van der Waals surface area contributed by atoms with Gasteiger partial charge < -0.3 is 9.88 Å². The number of aromatic nitrogens is 2. The van der Waals surface area contributed by atoms with Gasteiger partial charge in [-0.3, -0.25) is 0 Å². The van der Waals surface area contributed by atoms with Crippen molar-refractivity contribution in [1.29, 1.82) is 0 Å². The molecule has 86 valence electrons. The molecule has 1 rings (SSSR count). The van der Waals surface area contributed by atoms with Crippen LogP contribution in [0.3, 0.4) is 0 Å². The van der Waals surface area contributed by atoms with Gasteiger partial charge in [0.2, 0.25) is 5.95 Å². The van der Waals surface area contributed by atoms with Crippen molar-refractivity contribution >= 4 is 5.95 Å². The molecule has 0 atom stereocenters. The predicted molar refractivity (Wildman–Crippen MR) is 65.2 cm³/mol. The van der Waals surface area contributed by atoms with E-state index >= 15 is 0 Å². The summed E-state index contributed by atoms with van der Waals surface area (Å²) in [4.78, 5) is 4.33. The summed E-state index contributed by atoms with van der Waals surface area (Å²) >= 11 is 0. The molecule has 15 heavy (non-hydrogen) atoms. The Balaban J connectivity index is 2.61. The molecule has 0 aromatic carbocycles. The Kier molecular flexibility index (Phi) is 3.77. The largest absolute Gasteiger partial charge is 0.355 e. The van der Waals surface area contributed by atoms with Gasteiger partial charge >= 0.3 is 0 Å². The Morgan fingerprint density at radius 3 is 2.67 bits per heavy atom. The maximum atomic E-state index is 4.33. The Morgan fingerprint density at radius 1 is 1.47 bits per heavy atom. The van der Waals surface area contributed by atoms with E-state index in [0.29, 0.717) is 11.5 Å². The SMILES string of the molecule is CCC(C)(C)CNc1nccn1C(C)C.